The molecule has 0 saturated carbocycles. The van der Waals surface area contributed by atoms with Crippen molar-refractivity contribution in [2.45, 2.75) is 13.8 Å². The molecule has 112 valence electrons. The molecule has 0 amide bonds. The van der Waals surface area contributed by atoms with Crippen LogP contribution in [0.5, 0.6) is 0 Å². The number of hydrogen-bond donors (Lipinski definition) is 2. The monoisotopic (exact) mass is 315 g/mol. The molecule has 0 fully saturated rings. The molecule has 2 heterocycles. The minimum Gasteiger partial charge on any atom is -0.477 e. The number of nitrogens with two attached hydrogens (primary N) is 1. The first-order valence-electron chi connectivity index (χ1n) is 6.51. The van der Waals surface area contributed by atoms with Crippen molar-refractivity contribution in [3.8, 4) is 5.69 Å². The number of carboxylic acids is 1. The fourth-order valence-corrected chi connectivity index (χ4v) is 3.27. The van der Waals surface area contributed by atoms with Crippen LogP contribution in [0.15, 0.2) is 29.2 Å². The highest BCUT2D eigenvalue weighted by Gasteiger charge is 2.16. The van der Waals surface area contributed by atoms with Gasteiger partial charge in [-0.05, 0) is 43.2 Å². The lowest BCUT2D eigenvalue weighted by molar-refractivity contribution is 0.0694. The van der Waals surface area contributed by atoms with Gasteiger partial charge in [-0.3, -0.25) is 9.36 Å². The molecule has 0 radical (unpaired) electrons. The third kappa shape index (κ3) is 2.15. The number of nitrogens with zero attached hydrogens (tertiary/aromatic N) is 2. The Kier molecular flexibility index (Phi) is 3.22. The number of hydrogen-bond acceptors (Lipinski definition) is 5. The molecule has 0 spiro atoms. The minimum atomic E-state index is -1.23. The van der Waals surface area contributed by atoms with Crippen molar-refractivity contribution in [3.05, 3.63) is 51.4 Å². The number of anilines is 1. The molecule has 0 unspecified atom stereocenters. The summed E-state index contributed by atoms with van der Waals surface area (Å²) in [5.74, 6) is -1.23. The number of aromatic nitrogens is 2. The van der Waals surface area contributed by atoms with E-state index in [-0.39, 0.29) is 5.56 Å². The smallest absolute Gasteiger partial charge is 0.341 e. The van der Waals surface area contributed by atoms with Crippen LogP contribution in [0.3, 0.4) is 0 Å². The fourth-order valence-electron chi connectivity index (χ4n) is 2.42. The number of benzene rings is 1. The first kappa shape index (κ1) is 14.3. The zero-order valence-corrected chi connectivity index (χ0v) is 12.8. The summed E-state index contributed by atoms with van der Waals surface area (Å²) >= 11 is 1.33. The third-order valence-corrected chi connectivity index (χ3v) is 4.31. The average molecular weight is 315 g/mol. The molecule has 0 saturated heterocycles. The Hall–Kier alpha value is -2.67. The van der Waals surface area contributed by atoms with E-state index in [0.717, 1.165) is 15.8 Å². The van der Waals surface area contributed by atoms with Crippen LogP contribution in [0.1, 0.15) is 21.5 Å². The molecule has 2 aromatic heterocycles. The lowest BCUT2D eigenvalue weighted by atomic mass is 10.1. The quantitative estimate of drug-likeness (QED) is 0.756. The Morgan fingerprint density at radius 2 is 2.05 bits per heavy atom. The SMILES string of the molecule is Cc1ccn(-c2cc(C)c3nc(N)sc3c2)c(=O)c1C(=O)O. The van der Waals surface area contributed by atoms with Gasteiger partial charge in [-0.1, -0.05) is 11.3 Å². The number of aryl methyl sites for hydroxylation is 2. The van der Waals surface area contributed by atoms with Gasteiger partial charge in [0.25, 0.3) is 5.56 Å². The molecular weight excluding hydrogens is 302 g/mol. The largest absolute Gasteiger partial charge is 0.477 e. The van der Waals surface area contributed by atoms with Gasteiger partial charge in [0.15, 0.2) is 5.13 Å². The van der Waals surface area contributed by atoms with Crippen LogP contribution in [-0.2, 0) is 0 Å². The van der Waals surface area contributed by atoms with Gasteiger partial charge in [0.05, 0.1) is 15.9 Å². The van der Waals surface area contributed by atoms with Gasteiger partial charge in [-0.2, -0.15) is 0 Å². The van der Waals surface area contributed by atoms with Crippen molar-refractivity contribution in [1.82, 2.24) is 9.55 Å². The average Bonchev–Trinajstić information content (AvgIpc) is 2.79. The van der Waals surface area contributed by atoms with Gasteiger partial charge in [0, 0.05) is 6.20 Å². The lowest BCUT2D eigenvalue weighted by Gasteiger charge is -2.09. The standard InChI is InChI=1S/C15H13N3O3S/c1-7-3-4-18(13(19)11(7)14(20)21)9-5-8(2)12-10(6-9)22-15(16)17-12/h3-6H,1-2H3,(H2,16,17)(H,20,21). The normalized spacial score (nSPS) is 11.0. The summed E-state index contributed by atoms with van der Waals surface area (Å²) in [6.45, 7) is 3.48. The molecule has 7 heteroatoms. The lowest BCUT2D eigenvalue weighted by Crippen LogP contribution is -2.26. The number of aromatic carboxylic acids is 1. The molecule has 0 bridgehead atoms. The summed E-state index contributed by atoms with van der Waals surface area (Å²) in [5.41, 5.74) is 7.66. The maximum atomic E-state index is 12.4. The van der Waals surface area contributed by atoms with E-state index in [9.17, 15) is 14.7 Å². The van der Waals surface area contributed by atoms with Gasteiger partial charge < -0.3 is 10.8 Å². The summed E-state index contributed by atoms with van der Waals surface area (Å²) in [6.07, 6.45) is 1.58. The van der Waals surface area contributed by atoms with E-state index in [2.05, 4.69) is 4.98 Å². The molecule has 3 N–H and O–H groups in total. The van der Waals surface area contributed by atoms with Gasteiger partial charge in [-0.15, -0.1) is 0 Å². The number of fused-ring (bicyclic) bond motifs is 1. The second-order valence-electron chi connectivity index (χ2n) is 5.02. The zero-order valence-electron chi connectivity index (χ0n) is 12.0. The fraction of sp³-hybridized carbons (Fsp3) is 0.133. The second-order valence-corrected chi connectivity index (χ2v) is 6.08. The summed E-state index contributed by atoms with van der Waals surface area (Å²) in [7, 11) is 0. The van der Waals surface area contributed by atoms with Gasteiger partial charge in [0.2, 0.25) is 0 Å². The van der Waals surface area contributed by atoms with Crippen molar-refractivity contribution >= 4 is 32.7 Å². The number of thiazole rings is 1. The number of carbonyl (C=O) groups is 1. The molecule has 0 aliphatic carbocycles. The van der Waals surface area contributed by atoms with E-state index < -0.39 is 11.5 Å². The molecule has 3 rings (SSSR count). The number of pyridine rings is 1. The summed E-state index contributed by atoms with van der Waals surface area (Å²) in [6, 6.07) is 5.20. The zero-order chi connectivity index (χ0) is 16.0. The number of rotatable bonds is 2. The summed E-state index contributed by atoms with van der Waals surface area (Å²) in [5, 5.41) is 9.67. The first-order chi connectivity index (χ1) is 10.4. The summed E-state index contributed by atoms with van der Waals surface area (Å²) < 4.78 is 2.19. The predicted octanol–water partition coefficient (Wildman–Crippen LogP) is 2.34. The Labute approximate surface area is 129 Å². The predicted molar refractivity (Wildman–Crippen MR) is 86.1 cm³/mol. The van der Waals surface area contributed by atoms with Crippen LogP contribution in [0.25, 0.3) is 15.9 Å². The number of carboxylic acid groups (broad SMARTS) is 1. The molecule has 0 aliphatic rings. The molecule has 6 nitrogen and oxygen atoms in total. The Balaban J connectivity index is 2.30. The van der Waals surface area contributed by atoms with E-state index >= 15 is 0 Å². The van der Waals surface area contributed by atoms with Crippen molar-refractivity contribution in [1.29, 1.82) is 0 Å². The van der Waals surface area contributed by atoms with Crippen LogP contribution in [0, 0.1) is 13.8 Å². The van der Waals surface area contributed by atoms with Crippen LogP contribution >= 0.6 is 11.3 Å². The Morgan fingerprint density at radius 1 is 1.32 bits per heavy atom. The molecule has 1 aromatic carbocycles. The molecule has 0 aliphatic heterocycles. The van der Waals surface area contributed by atoms with Crippen molar-refractivity contribution < 1.29 is 9.90 Å². The highest BCUT2D eigenvalue weighted by atomic mass is 32.1. The Bertz CT molecular complexity index is 972. The van der Waals surface area contributed by atoms with Crippen molar-refractivity contribution in [2.75, 3.05) is 5.73 Å². The van der Waals surface area contributed by atoms with E-state index in [4.69, 9.17) is 5.73 Å². The van der Waals surface area contributed by atoms with E-state index in [1.165, 1.54) is 15.9 Å². The van der Waals surface area contributed by atoms with Crippen molar-refractivity contribution in [2.24, 2.45) is 0 Å². The van der Waals surface area contributed by atoms with E-state index in [1.807, 2.05) is 6.92 Å². The van der Waals surface area contributed by atoms with Crippen LogP contribution < -0.4 is 11.3 Å². The Morgan fingerprint density at radius 3 is 2.73 bits per heavy atom. The van der Waals surface area contributed by atoms with Gasteiger partial charge in [-0.25, -0.2) is 9.78 Å². The van der Waals surface area contributed by atoms with E-state index in [0.29, 0.717) is 16.4 Å². The third-order valence-electron chi connectivity index (χ3n) is 3.48. The highest BCUT2D eigenvalue weighted by Crippen LogP contribution is 2.28. The maximum absolute atomic E-state index is 12.4. The molecule has 3 aromatic rings. The second kappa shape index (κ2) is 4.96. The minimum absolute atomic E-state index is 0.218. The van der Waals surface area contributed by atoms with Crippen LogP contribution in [-0.4, -0.2) is 20.6 Å². The summed E-state index contributed by atoms with van der Waals surface area (Å²) in [4.78, 5) is 27.9. The van der Waals surface area contributed by atoms with Crippen molar-refractivity contribution in [3.63, 3.8) is 0 Å². The molecular formula is C15H13N3O3S. The maximum Gasteiger partial charge on any atom is 0.341 e. The topological polar surface area (TPSA) is 98.2 Å². The highest BCUT2D eigenvalue weighted by molar-refractivity contribution is 7.22. The van der Waals surface area contributed by atoms with Gasteiger partial charge >= 0.3 is 5.97 Å². The molecule has 0 atom stereocenters. The molecule has 22 heavy (non-hydrogen) atoms. The van der Waals surface area contributed by atoms with Crippen LogP contribution in [0.4, 0.5) is 5.13 Å². The first-order valence-corrected chi connectivity index (χ1v) is 7.32. The van der Waals surface area contributed by atoms with Gasteiger partial charge in [0.1, 0.15) is 5.56 Å². The van der Waals surface area contributed by atoms with E-state index in [1.54, 1.807) is 31.3 Å². The van der Waals surface area contributed by atoms with Crippen LogP contribution in [0.2, 0.25) is 0 Å². The number of nitrogen functional groups attached to an aromatic ring is 1.